The van der Waals surface area contributed by atoms with Crippen LogP contribution in [-0.4, -0.2) is 38.9 Å². The first kappa shape index (κ1) is 22.6. The fourth-order valence-electron chi connectivity index (χ4n) is 4.10. The SMILES string of the molecule is COc1cc2[nH]ncc2cc1C(=O)Nc1cccn(C2CC2)c1=O.O=C(O)C1CCCCC1. The number of aromatic nitrogens is 3. The molecule has 0 radical (unpaired) electrons. The number of carbonyl (C=O) groups is 2. The van der Waals surface area contributed by atoms with E-state index in [4.69, 9.17) is 9.84 Å². The van der Waals surface area contributed by atoms with E-state index in [1.807, 2.05) is 0 Å². The molecule has 0 bridgehead atoms. The summed E-state index contributed by atoms with van der Waals surface area (Å²) in [4.78, 5) is 35.4. The second kappa shape index (κ2) is 9.89. The van der Waals surface area contributed by atoms with Crippen LogP contribution in [0.15, 0.2) is 41.5 Å². The number of ether oxygens (including phenoxy) is 1. The second-order valence-corrected chi connectivity index (χ2v) is 8.50. The van der Waals surface area contributed by atoms with Gasteiger partial charge in [0.2, 0.25) is 0 Å². The van der Waals surface area contributed by atoms with Gasteiger partial charge in [-0.25, -0.2) is 0 Å². The van der Waals surface area contributed by atoms with E-state index in [2.05, 4.69) is 15.5 Å². The van der Waals surface area contributed by atoms with E-state index in [-0.39, 0.29) is 29.1 Å². The molecule has 0 saturated heterocycles. The first-order valence-electron chi connectivity index (χ1n) is 11.2. The molecule has 2 fully saturated rings. The number of carboxylic acids is 1. The average molecular weight is 453 g/mol. The summed E-state index contributed by atoms with van der Waals surface area (Å²) in [5.41, 5.74) is 1.22. The minimum absolute atomic E-state index is 0.0289. The Balaban J connectivity index is 0.000000243. The van der Waals surface area contributed by atoms with Crippen LogP contribution >= 0.6 is 0 Å². The Morgan fingerprint density at radius 1 is 1.18 bits per heavy atom. The van der Waals surface area contributed by atoms with Crippen LogP contribution < -0.4 is 15.6 Å². The number of hydrogen-bond acceptors (Lipinski definition) is 5. The number of benzene rings is 1. The number of rotatable bonds is 5. The lowest BCUT2D eigenvalue weighted by Gasteiger charge is -2.16. The smallest absolute Gasteiger partial charge is 0.306 e. The van der Waals surface area contributed by atoms with Crippen LogP contribution in [0.1, 0.15) is 61.3 Å². The van der Waals surface area contributed by atoms with Crippen molar-refractivity contribution < 1.29 is 19.4 Å². The molecule has 0 spiro atoms. The topological polar surface area (TPSA) is 126 Å². The minimum Gasteiger partial charge on any atom is -0.496 e. The summed E-state index contributed by atoms with van der Waals surface area (Å²) in [7, 11) is 1.50. The number of nitrogens with one attached hydrogen (secondary N) is 2. The van der Waals surface area contributed by atoms with Crippen LogP contribution in [0.25, 0.3) is 10.9 Å². The Morgan fingerprint density at radius 3 is 2.58 bits per heavy atom. The molecule has 33 heavy (non-hydrogen) atoms. The van der Waals surface area contributed by atoms with Gasteiger partial charge in [0.1, 0.15) is 11.4 Å². The van der Waals surface area contributed by atoms with Crippen LogP contribution in [0.5, 0.6) is 5.75 Å². The number of carbonyl (C=O) groups excluding carboxylic acids is 1. The molecule has 2 saturated carbocycles. The van der Waals surface area contributed by atoms with E-state index >= 15 is 0 Å². The van der Waals surface area contributed by atoms with Gasteiger partial charge in [0, 0.05) is 23.7 Å². The van der Waals surface area contributed by atoms with Gasteiger partial charge in [0.25, 0.3) is 11.5 Å². The molecule has 174 valence electrons. The third kappa shape index (κ3) is 5.24. The fraction of sp³-hybridized carbons (Fsp3) is 0.417. The Labute approximate surface area is 190 Å². The Kier molecular flexibility index (Phi) is 6.76. The number of fused-ring (bicyclic) bond motifs is 1. The summed E-state index contributed by atoms with van der Waals surface area (Å²) in [6, 6.07) is 7.04. The highest BCUT2D eigenvalue weighted by Crippen LogP contribution is 2.33. The molecule has 3 aromatic rings. The quantitative estimate of drug-likeness (QED) is 0.538. The van der Waals surface area contributed by atoms with E-state index in [1.54, 1.807) is 41.2 Å². The monoisotopic (exact) mass is 452 g/mol. The summed E-state index contributed by atoms with van der Waals surface area (Å²) in [5.74, 6) is -0.600. The number of hydrogen-bond donors (Lipinski definition) is 3. The van der Waals surface area contributed by atoms with Crippen LogP contribution in [0, 0.1) is 5.92 Å². The third-order valence-electron chi connectivity index (χ3n) is 6.12. The standard InChI is InChI=1S/C17H16N4O3.C7H12O2/c1-24-15-8-14-10(9-18-20-14)7-12(15)16(22)19-13-3-2-6-21(17(13)23)11-4-5-11;8-7(9)6-4-2-1-3-5-6/h2-3,6-9,11H,4-5H2,1H3,(H,18,20)(H,19,22);6H,1-5H2,(H,8,9). The lowest BCUT2D eigenvalue weighted by Crippen LogP contribution is -2.25. The van der Waals surface area contributed by atoms with Gasteiger partial charge in [-0.15, -0.1) is 0 Å². The predicted molar refractivity (Wildman–Crippen MR) is 124 cm³/mol. The lowest BCUT2D eigenvalue weighted by atomic mass is 9.90. The summed E-state index contributed by atoms with van der Waals surface area (Å²) >= 11 is 0. The van der Waals surface area contributed by atoms with Crippen molar-refractivity contribution in [2.75, 3.05) is 12.4 Å². The summed E-state index contributed by atoms with van der Waals surface area (Å²) in [5, 5.41) is 18.8. The fourth-order valence-corrected chi connectivity index (χ4v) is 4.10. The molecule has 3 N–H and O–H groups in total. The molecule has 9 heteroatoms. The summed E-state index contributed by atoms with van der Waals surface area (Å²) in [6.45, 7) is 0. The zero-order valence-corrected chi connectivity index (χ0v) is 18.5. The number of pyridine rings is 1. The average Bonchev–Trinajstić information content (AvgIpc) is 3.57. The summed E-state index contributed by atoms with van der Waals surface area (Å²) in [6.07, 6.45) is 10.6. The largest absolute Gasteiger partial charge is 0.496 e. The number of aromatic amines is 1. The number of nitrogens with zero attached hydrogens (tertiary/aromatic N) is 2. The molecular weight excluding hydrogens is 424 g/mol. The molecule has 5 rings (SSSR count). The number of H-pyrrole nitrogens is 1. The maximum absolute atomic E-state index is 12.6. The molecule has 0 unspecified atom stereocenters. The van der Waals surface area contributed by atoms with Crippen LogP contribution in [0.2, 0.25) is 0 Å². The van der Waals surface area contributed by atoms with Crippen molar-refractivity contribution in [2.24, 2.45) is 5.92 Å². The number of anilines is 1. The van der Waals surface area contributed by atoms with Gasteiger partial charge in [0.15, 0.2) is 0 Å². The first-order chi connectivity index (χ1) is 16.0. The molecule has 1 aromatic carbocycles. The van der Waals surface area contributed by atoms with E-state index in [9.17, 15) is 14.4 Å². The normalized spacial score (nSPS) is 16.0. The zero-order chi connectivity index (χ0) is 23.4. The molecule has 0 aliphatic heterocycles. The molecule has 2 aliphatic rings. The van der Waals surface area contributed by atoms with Crippen molar-refractivity contribution in [2.45, 2.75) is 51.0 Å². The Bertz CT molecular complexity index is 1210. The van der Waals surface area contributed by atoms with Crippen molar-refractivity contribution in [3.63, 3.8) is 0 Å². The number of carboxylic acid groups (broad SMARTS) is 1. The van der Waals surface area contributed by atoms with Gasteiger partial charge >= 0.3 is 5.97 Å². The highest BCUT2D eigenvalue weighted by atomic mass is 16.5. The zero-order valence-electron chi connectivity index (χ0n) is 18.5. The predicted octanol–water partition coefficient (Wildman–Crippen LogP) is 3.97. The van der Waals surface area contributed by atoms with Crippen molar-refractivity contribution in [1.29, 1.82) is 0 Å². The molecule has 2 aromatic heterocycles. The molecule has 1 amide bonds. The van der Waals surface area contributed by atoms with E-state index in [0.717, 1.165) is 49.4 Å². The van der Waals surface area contributed by atoms with Crippen molar-refractivity contribution in [1.82, 2.24) is 14.8 Å². The highest BCUT2D eigenvalue weighted by Gasteiger charge is 2.25. The lowest BCUT2D eigenvalue weighted by molar-refractivity contribution is -0.142. The van der Waals surface area contributed by atoms with E-state index in [0.29, 0.717) is 11.3 Å². The molecular formula is C24H28N4O5. The first-order valence-corrected chi connectivity index (χ1v) is 11.2. The van der Waals surface area contributed by atoms with Gasteiger partial charge in [-0.05, 0) is 43.9 Å². The number of aliphatic carboxylic acids is 1. The highest BCUT2D eigenvalue weighted by molar-refractivity contribution is 6.08. The van der Waals surface area contributed by atoms with E-state index in [1.165, 1.54) is 13.5 Å². The van der Waals surface area contributed by atoms with Crippen LogP contribution in [-0.2, 0) is 4.79 Å². The van der Waals surface area contributed by atoms with Gasteiger partial charge < -0.3 is 19.7 Å². The molecule has 9 nitrogen and oxygen atoms in total. The number of methoxy groups -OCH3 is 1. The van der Waals surface area contributed by atoms with Crippen LogP contribution in [0.3, 0.4) is 0 Å². The van der Waals surface area contributed by atoms with Gasteiger partial charge in [-0.1, -0.05) is 19.3 Å². The Morgan fingerprint density at radius 2 is 1.94 bits per heavy atom. The second-order valence-electron chi connectivity index (χ2n) is 8.50. The van der Waals surface area contributed by atoms with Crippen molar-refractivity contribution >= 4 is 28.5 Å². The molecule has 0 atom stereocenters. The minimum atomic E-state index is -0.602. The third-order valence-corrected chi connectivity index (χ3v) is 6.12. The van der Waals surface area contributed by atoms with Crippen molar-refractivity contribution in [3.05, 3.63) is 52.6 Å². The van der Waals surface area contributed by atoms with Gasteiger partial charge in [-0.2, -0.15) is 5.10 Å². The van der Waals surface area contributed by atoms with Gasteiger partial charge in [0.05, 0.1) is 30.3 Å². The summed E-state index contributed by atoms with van der Waals surface area (Å²) < 4.78 is 6.96. The Hall–Kier alpha value is -3.62. The molecule has 2 aliphatic carbocycles. The van der Waals surface area contributed by atoms with Crippen molar-refractivity contribution in [3.8, 4) is 5.75 Å². The maximum atomic E-state index is 12.6. The van der Waals surface area contributed by atoms with Crippen LogP contribution in [0.4, 0.5) is 5.69 Å². The van der Waals surface area contributed by atoms with Gasteiger partial charge in [-0.3, -0.25) is 19.5 Å². The number of amides is 1. The molecule has 2 heterocycles. The van der Waals surface area contributed by atoms with E-state index < -0.39 is 5.97 Å². The maximum Gasteiger partial charge on any atom is 0.306 e.